The van der Waals surface area contributed by atoms with Crippen LogP contribution in [0.5, 0.6) is 0 Å². The highest BCUT2D eigenvalue weighted by Crippen LogP contribution is 2.33. The fraction of sp³-hybridized carbons (Fsp3) is 0.444. The Morgan fingerprint density at radius 2 is 2.20 bits per heavy atom. The number of benzene rings is 1. The summed E-state index contributed by atoms with van der Waals surface area (Å²) in [5, 5.41) is 0. The standard InChI is InChI=1S/C18H21BrFN3O2/c1-18(2,3)25-17(24)23-8-4-5-15(23)16-21-10-14(22-16)12-7-6-11(19)9-13(12)20/h6-7,9-10,15H,4-5,8H2,1-3H3,(H,21,22). The molecule has 2 heterocycles. The van der Waals surface area contributed by atoms with Gasteiger partial charge in [0, 0.05) is 16.6 Å². The molecule has 1 aliphatic rings. The maximum atomic E-state index is 14.2. The molecule has 134 valence electrons. The minimum Gasteiger partial charge on any atom is -0.444 e. The molecule has 1 atom stereocenters. The third-order valence-electron chi connectivity index (χ3n) is 4.01. The van der Waals surface area contributed by atoms with E-state index >= 15 is 0 Å². The number of rotatable bonds is 2. The van der Waals surface area contributed by atoms with Crippen LogP contribution in [0.2, 0.25) is 0 Å². The fourth-order valence-electron chi connectivity index (χ4n) is 2.94. The van der Waals surface area contributed by atoms with Crippen molar-refractivity contribution in [3.8, 4) is 11.3 Å². The lowest BCUT2D eigenvalue weighted by Crippen LogP contribution is -2.36. The second-order valence-corrected chi connectivity index (χ2v) is 8.05. The van der Waals surface area contributed by atoms with Gasteiger partial charge in [0.05, 0.1) is 17.9 Å². The van der Waals surface area contributed by atoms with Crippen LogP contribution in [0.4, 0.5) is 9.18 Å². The Morgan fingerprint density at radius 3 is 2.88 bits per heavy atom. The van der Waals surface area contributed by atoms with Gasteiger partial charge in [0.25, 0.3) is 0 Å². The molecule has 0 aliphatic carbocycles. The summed E-state index contributed by atoms with van der Waals surface area (Å²) in [4.78, 5) is 21.6. The van der Waals surface area contributed by atoms with Gasteiger partial charge in [-0.2, -0.15) is 0 Å². The second kappa shape index (κ2) is 6.78. The highest BCUT2D eigenvalue weighted by Gasteiger charge is 2.34. The molecule has 5 nitrogen and oxygen atoms in total. The molecule has 0 saturated carbocycles. The number of carbonyl (C=O) groups is 1. The molecule has 0 radical (unpaired) electrons. The number of imidazole rings is 1. The lowest BCUT2D eigenvalue weighted by Gasteiger charge is -2.27. The van der Waals surface area contributed by atoms with Crippen LogP contribution >= 0.6 is 15.9 Å². The largest absolute Gasteiger partial charge is 0.444 e. The number of aromatic nitrogens is 2. The maximum Gasteiger partial charge on any atom is 0.410 e. The smallest absolute Gasteiger partial charge is 0.410 e. The van der Waals surface area contributed by atoms with Crippen LogP contribution in [0.25, 0.3) is 11.3 Å². The molecular weight excluding hydrogens is 389 g/mol. The summed E-state index contributed by atoms with van der Waals surface area (Å²) in [6.45, 7) is 6.16. The fourth-order valence-corrected chi connectivity index (χ4v) is 3.27. The maximum absolute atomic E-state index is 14.2. The summed E-state index contributed by atoms with van der Waals surface area (Å²) >= 11 is 3.25. The van der Waals surface area contributed by atoms with E-state index < -0.39 is 5.60 Å². The molecule has 1 aromatic heterocycles. The van der Waals surface area contributed by atoms with Gasteiger partial charge in [-0.1, -0.05) is 15.9 Å². The van der Waals surface area contributed by atoms with Gasteiger partial charge in [0.15, 0.2) is 0 Å². The van der Waals surface area contributed by atoms with E-state index in [4.69, 9.17) is 4.74 Å². The Labute approximate surface area is 154 Å². The van der Waals surface area contributed by atoms with Gasteiger partial charge < -0.3 is 9.72 Å². The molecule has 1 aliphatic heterocycles. The quantitative estimate of drug-likeness (QED) is 0.754. The molecule has 3 rings (SSSR count). The van der Waals surface area contributed by atoms with Gasteiger partial charge in [-0.15, -0.1) is 0 Å². The summed E-state index contributed by atoms with van der Waals surface area (Å²) < 4.78 is 20.3. The number of nitrogens with one attached hydrogen (secondary N) is 1. The van der Waals surface area contributed by atoms with Crippen molar-refractivity contribution in [1.82, 2.24) is 14.9 Å². The van der Waals surface area contributed by atoms with Crippen LogP contribution in [-0.2, 0) is 4.74 Å². The van der Waals surface area contributed by atoms with E-state index in [9.17, 15) is 9.18 Å². The van der Waals surface area contributed by atoms with E-state index in [0.717, 1.165) is 12.8 Å². The minimum absolute atomic E-state index is 0.179. The number of nitrogens with zero attached hydrogens (tertiary/aromatic N) is 2. The Balaban J connectivity index is 1.82. The van der Waals surface area contributed by atoms with Crippen molar-refractivity contribution in [3.63, 3.8) is 0 Å². The van der Waals surface area contributed by atoms with Crippen molar-refractivity contribution in [2.45, 2.75) is 45.3 Å². The molecule has 1 amide bonds. The van der Waals surface area contributed by atoms with Crippen LogP contribution < -0.4 is 0 Å². The zero-order valence-electron chi connectivity index (χ0n) is 14.5. The van der Waals surface area contributed by atoms with Crippen molar-refractivity contribution in [1.29, 1.82) is 0 Å². The number of likely N-dealkylation sites (tertiary alicyclic amines) is 1. The van der Waals surface area contributed by atoms with E-state index in [1.165, 1.54) is 6.07 Å². The normalized spacial score (nSPS) is 17.8. The van der Waals surface area contributed by atoms with E-state index in [2.05, 4.69) is 25.9 Å². The summed E-state index contributed by atoms with van der Waals surface area (Å²) in [5.74, 6) is 0.320. The van der Waals surface area contributed by atoms with E-state index in [1.807, 2.05) is 20.8 Å². The first-order valence-corrected chi connectivity index (χ1v) is 9.04. The Hall–Kier alpha value is -1.89. The molecule has 1 aromatic carbocycles. The first-order valence-electron chi connectivity index (χ1n) is 8.24. The number of aromatic amines is 1. The molecule has 0 spiro atoms. The first kappa shape index (κ1) is 17.9. The molecule has 25 heavy (non-hydrogen) atoms. The summed E-state index contributed by atoms with van der Waals surface area (Å²) in [6.07, 6.45) is 2.94. The monoisotopic (exact) mass is 409 g/mol. The summed E-state index contributed by atoms with van der Waals surface area (Å²) in [5.41, 5.74) is 0.499. The Bertz CT molecular complexity index is 785. The lowest BCUT2D eigenvalue weighted by molar-refractivity contribution is 0.0218. The van der Waals surface area contributed by atoms with Crippen molar-refractivity contribution in [2.24, 2.45) is 0 Å². The number of carbonyl (C=O) groups excluding carboxylic acids is 1. The number of hydrogen-bond donors (Lipinski definition) is 1. The van der Waals surface area contributed by atoms with Gasteiger partial charge in [-0.3, -0.25) is 4.90 Å². The molecule has 2 aromatic rings. The third-order valence-corrected chi connectivity index (χ3v) is 4.51. The average Bonchev–Trinajstić information content (AvgIpc) is 3.14. The number of ether oxygens (including phenoxy) is 1. The average molecular weight is 410 g/mol. The highest BCUT2D eigenvalue weighted by atomic mass is 79.9. The lowest BCUT2D eigenvalue weighted by atomic mass is 10.1. The van der Waals surface area contributed by atoms with E-state index in [-0.39, 0.29) is 18.0 Å². The van der Waals surface area contributed by atoms with Crippen LogP contribution in [0.15, 0.2) is 28.9 Å². The zero-order chi connectivity index (χ0) is 18.2. The number of halogens is 2. The van der Waals surface area contributed by atoms with Crippen LogP contribution in [0.1, 0.15) is 45.5 Å². The van der Waals surface area contributed by atoms with Gasteiger partial charge in [0.1, 0.15) is 17.2 Å². The Kier molecular flexibility index (Phi) is 4.86. The number of hydrogen-bond acceptors (Lipinski definition) is 3. The van der Waals surface area contributed by atoms with Crippen molar-refractivity contribution >= 4 is 22.0 Å². The molecule has 1 N–H and O–H groups in total. The molecule has 1 fully saturated rings. The molecule has 0 bridgehead atoms. The zero-order valence-corrected chi connectivity index (χ0v) is 16.1. The predicted octanol–water partition coefficient (Wildman–Crippen LogP) is 5.05. The molecule has 1 unspecified atom stereocenters. The van der Waals surface area contributed by atoms with Gasteiger partial charge in [0.2, 0.25) is 0 Å². The van der Waals surface area contributed by atoms with Crippen LogP contribution in [0.3, 0.4) is 0 Å². The number of H-pyrrole nitrogens is 1. The highest BCUT2D eigenvalue weighted by molar-refractivity contribution is 9.10. The Morgan fingerprint density at radius 1 is 1.44 bits per heavy atom. The van der Waals surface area contributed by atoms with E-state index in [1.54, 1.807) is 23.2 Å². The second-order valence-electron chi connectivity index (χ2n) is 7.14. The summed E-state index contributed by atoms with van der Waals surface area (Å²) in [7, 11) is 0. The third kappa shape index (κ3) is 4.03. The van der Waals surface area contributed by atoms with Crippen molar-refractivity contribution in [2.75, 3.05) is 6.54 Å². The topological polar surface area (TPSA) is 58.2 Å². The molecule has 7 heteroatoms. The van der Waals surface area contributed by atoms with Gasteiger partial charge in [-0.05, 0) is 51.8 Å². The first-order chi connectivity index (χ1) is 11.7. The number of amides is 1. The van der Waals surface area contributed by atoms with Gasteiger partial charge in [-0.25, -0.2) is 14.2 Å². The van der Waals surface area contributed by atoms with Crippen molar-refractivity contribution in [3.05, 3.63) is 40.5 Å². The van der Waals surface area contributed by atoms with Crippen LogP contribution in [-0.4, -0.2) is 33.1 Å². The molecule has 1 saturated heterocycles. The molecular formula is C18H21BrFN3O2. The van der Waals surface area contributed by atoms with Gasteiger partial charge >= 0.3 is 6.09 Å². The summed E-state index contributed by atoms with van der Waals surface area (Å²) in [6, 6.07) is 4.71. The van der Waals surface area contributed by atoms with Crippen molar-refractivity contribution < 1.29 is 13.9 Å². The SMILES string of the molecule is CC(C)(C)OC(=O)N1CCCC1c1ncc(-c2ccc(Br)cc2F)[nH]1. The predicted molar refractivity (Wildman–Crippen MR) is 96.6 cm³/mol. The minimum atomic E-state index is -0.543. The van der Waals surface area contributed by atoms with Crippen LogP contribution in [0, 0.1) is 5.82 Å². The van der Waals surface area contributed by atoms with E-state index in [0.29, 0.717) is 28.1 Å².